The van der Waals surface area contributed by atoms with Crippen molar-refractivity contribution >= 4 is 0 Å². The number of rotatable bonds is 2. The summed E-state index contributed by atoms with van der Waals surface area (Å²) >= 11 is 0. The summed E-state index contributed by atoms with van der Waals surface area (Å²) < 4.78 is 9.22. The molecule has 2 atom stereocenters. The van der Waals surface area contributed by atoms with Crippen LogP contribution in [0.2, 0.25) is 0 Å². The zero-order chi connectivity index (χ0) is 7.40. The molecule has 0 aromatic rings. The largest absolute Gasteiger partial charge is 0.412 e. The first-order valence-electron chi connectivity index (χ1n) is 3.31. The predicted octanol–water partition coefficient (Wildman–Crippen LogP) is -2.07. The van der Waals surface area contributed by atoms with Crippen molar-refractivity contribution in [2.75, 3.05) is 26.4 Å². The molecule has 11 heavy (non-hydrogen) atoms. The van der Waals surface area contributed by atoms with Crippen LogP contribution < -0.4 is 0 Å². The van der Waals surface area contributed by atoms with E-state index in [-0.39, 0.29) is 30.9 Å². The average molecular weight is 166 g/mol. The molecule has 2 aliphatic rings. The maximum Gasteiger partial charge on any atom is 0.104 e. The summed E-state index contributed by atoms with van der Waals surface area (Å²) in [6.07, 6.45) is 0.380. The van der Waals surface area contributed by atoms with E-state index in [1.54, 1.807) is 0 Å². The second-order valence-electron chi connectivity index (χ2n) is 2.28. The minimum atomic E-state index is 0. The second-order valence-corrected chi connectivity index (χ2v) is 2.28. The van der Waals surface area contributed by atoms with E-state index in [0.717, 1.165) is 13.2 Å². The fraction of sp³-hybridized carbons (Fsp3) is 1.00. The molecule has 2 aliphatic heterocycles. The molecule has 5 nitrogen and oxygen atoms in total. The highest BCUT2D eigenvalue weighted by Crippen LogP contribution is 2.05. The molecule has 2 unspecified atom stereocenters. The molecule has 2 heterocycles. The van der Waals surface area contributed by atoms with Gasteiger partial charge in [-0.3, -0.25) is 0 Å². The van der Waals surface area contributed by atoms with Gasteiger partial charge in [0.15, 0.2) is 0 Å². The second kappa shape index (κ2) is 5.45. The van der Waals surface area contributed by atoms with E-state index in [0.29, 0.717) is 0 Å². The van der Waals surface area contributed by atoms with Crippen LogP contribution >= 0.6 is 0 Å². The van der Waals surface area contributed by atoms with Gasteiger partial charge in [-0.05, 0) is 0 Å². The summed E-state index contributed by atoms with van der Waals surface area (Å²) in [6, 6.07) is 0. The van der Waals surface area contributed by atoms with Crippen LogP contribution in [-0.4, -0.2) is 54.3 Å². The topological polar surface area (TPSA) is 97.0 Å². The number of hydrogen-bond acceptors (Lipinski definition) is 4. The molecule has 0 radical (unpaired) electrons. The first-order valence-corrected chi connectivity index (χ1v) is 3.31. The van der Waals surface area contributed by atoms with Crippen molar-refractivity contribution in [3.8, 4) is 0 Å². The van der Waals surface area contributed by atoms with Crippen LogP contribution in [0.15, 0.2) is 0 Å². The first-order chi connectivity index (χ1) is 4.86. The first kappa shape index (κ1) is 10.8. The minimum Gasteiger partial charge on any atom is -0.412 e. The van der Waals surface area contributed by atoms with E-state index >= 15 is 0 Å². The van der Waals surface area contributed by atoms with Crippen molar-refractivity contribution in [3.63, 3.8) is 0 Å². The van der Waals surface area contributed by atoms with Crippen LogP contribution in [0.4, 0.5) is 0 Å². The number of ether oxygens (including phenoxy) is 2. The lowest BCUT2D eigenvalue weighted by atomic mass is 10.5. The lowest BCUT2D eigenvalue weighted by Gasteiger charge is -1.70. The van der Waals surface area contributed by atoms with Gasteiger partial charge in [-0.1, -0.05) is 0 Å². The summed E-state index contributed by atoms with van der Waals surface area (Å²) in [4.78, 5) is 0. The number of epoxide rings is 2. The minimum absolute atomic E-state index is 0. The van der Waals surface area contributed by atoms with Crippen molar-refractivity contribution in [1.29, 1.82) is 0 Å². The molecular weight excluding hydrogens is 152 g/mol. The number of aliphatic hydroxyl groups excluding tert-OH is 2. The van der Waals surface area contributed by atoms with Crippen LogP contribution in [0.3, 0.4) is 0 Å². The van der Waals surface area contributed by atoms with Crippen LogP contribution in [-0.2, 0) is 9.47 Å². The Labute approximate surface area is 64.9 Å². The van der Waals surface area contributed by atoms with Crippen LogP contribution in [0.1, 0.15) is 0 Å². The molecule has 2 saturated heterocycles. The quantitative estimate of drug-likeness (QED) is 0.460. The molecule has 0 aromatic heterocycles. The lowest BCUT2D eigenvalue weighted by Crippen LogP contribution is -1.88. The van der Waals surface area contributed by atoms with Crippen molar-refractivity contribution in [2.24, 2.45) is 0 Å². The third-order valence-electron chi connectivity index (χ3n) is 1.21. The molecule has 4 N–H and O–H groups in total. The Kier molecular flexibility index (Phi) is 5.35. The predicted molar refractivity (Wildman–Crippen MR) is 37.3 cm³/mol. The molecule has 5 heteroatoms. The Hall–Kier alpha value is -0.200. The molecule has 0 aromatic carbocycles. The zero-order valence-corrected chi connectivity index (χ0v) is 6.19. The SMILES string of the molecule is O.OCC1CO1.OCC1CO1. The third-order valence-corrected chi connectivity index (χ3v) is 1.21. The van der Waals surface area contributed by atoms with Crippen molar-refractivity contribution in [2.45, 2.75) is 12.2 Å². The molecule has 0 aliphatic carbocycles. The Morgan fingerprint density at radius 1 is 1.00 bits per heavy atom. The molecule has 0 amide bonds. The Morgan fingerprint density at radius 3 is 1.27 bits per heavy atom. The fourth-order valence-electron chi connectivity index (χ4n) is 0.347. The van der Waals surface area contributed by atoms with E-state index in [4.69, 9.17) is 10.2 Å². The normalized spacial score (nSPS) is 31.1. The summed E-state index contributed by atoms with van der Waals surface area (Å²) in [7, 11) is 0. The van der Waals surface area contributed by atoms with Gasteiger partial charge in [0, 0.05) is 0 Å². The van der Waals surface area contributed by atoms with Gasteiger partial charge in [-0.25, -0.2) is 0 Å². The fourth-order valence-corrected chi connectivity index (χ4v) is 0.347. The Bertz CT molecular complexity index is 77.0. The summed E-state index contributed by atoms with van der Waals surface area (Å²) in [5.41, 5.74) is 0. The average Bonchev–Trinajstić information content (AvgIpc) is 2.86. The maximum atomic E-state index is 8.08. The van der Waals surface area contributed by atoms with Gasteiger partial charge in [0.1, 0.15) is 12.2 Å². The molecule has 68 valence electrons. The third kappa shape index (κ3) is 6.21. The lowest BCUT2D eigenvalue weighted by molar-refractivity contribution is 0.244. The molecule has 2 rings (SSSR count). The van der Waals surface area contributed by atoms with E-state index in [9.17, 15) is 0 Å². The number of hydrogen-bond donors (Lipinski definition) is 2. The van der Waals surface area contributed by atoms with Crippen LogP contribution in [0.5, 0.6) is 0 Å². The van der Waals surface area contributed by atoms with Crippen molar-refractivity contribution in [3.05, 3.63) is 0 Å². The molecule has 2 fully saturated rings. The van der Waals surface area contributed by atoms with Gasteiger partial charge in [0.05, 0.1) is 26.4 Å². The summed E-state index contributed by atoms with van der Waals surface area (Å²) in [5.74, 6) is 0. The van der Waals surface area contributed by atoms with E-state index < -0.39 is 0 Å². The van der Waals surface area contributed by atoms with Gasteiger partial charge in [-0.2, -0.15) is 0 Å². The highest BCUT2D eigenvalue weighted by atomic mass is 16.6. The summed E-state index contributed by atoms with van der Waals surface area (Å²) in [6.45, 7) is 1.91. The molecule has 0 bridgehead atoms. The van der Waals surface area contributed by atoms with Crippen LogP contribution in [0, 0.1) is 0 Å². The van der Waals surface area contributed by atoms with Crippen LogP contribution in [0.25, 0.3) is 0 Å². The van der Waals surface area contributed by atoms with Gasteiger partial charge in [-0.15, -0.1) is 0 Å². The molecular formula is C6H14O5. The Morgan fingerprint density at radius 2 is 1.27 bits per heavy atom. The number of aliphatic hydroxyl groups is 2. The van der Waals surface area contributed by atoms with Crippen molar-refractivity contribution < 1.29 is 25.2 Å². The van der Waals surface area contributed by atoms with Gasteiger partial charge < -0.3 is 25.2 Å². The smallest absolute Gasteiger partial charge is 0.104 e. The standard InChI is InChI=1S/2C3H6O2.H2O/c2*4-1-3-2-5-3;/h2*3-4H,1-2H2;1H2. The Balaban J connectivity index is 0.000000167. The maximum absolute atomic E-state index is 8.08. The highest BCUT2D eigenvalue weighted by Gasteiger charge is 2.20. The highest BCUT2D eigenvalue weighted by molar-refractivity contribution is 4.65. The molecule has 0 spiro atoms. The van der Waals surface area contributed by atoms with Gasteiger partial charge in [0.25, 0.3) is 0 Å². The van der Waals surface area contributed by atoms with E-state index in [1.165, 1.54) is 0 Å². The van der Waals surface area contributed by atoms with Gasteiger partial charge in [0.2, 0.25) is 0 Å². The summed E-state index contributed by atoms with van der Waals surface area (Å²) in [5, 5.41) is 16.2. The van der Waals surface area contributed by atoms with E-state index in [2.05, 4.69) is 9.47 Å². The van der Waals surface area contributed by atoms with E-state index in [1.807, 2.05) is 0 Å². The van der Waals surface area contributed by atoms with Gasteiger partial charge >= 0.3 is 0 Å². The van der Waals surface area contributed by atoms with Crippen molar-refractivity contribution in [1.82, 2.24) is 0 Å². The molecule has 0 saturated carbocycles. The monoisotopic (exact) mass is 166 g/mol. The zero-order valence-electron chi connectivity index (χ0n) is 6.19.